The lowest BCUT2D eigenvalue weighted by Gasteiger charge is -2.00. The Bertz CT molecular complexity index is 790. The zero-order valence-electron chi connectivity index (χ0n) is 11.9. The Kier molecular flexibility index (Phi) is 4.30. The first-order valence-electron chi connectivity index (χ1n) is 7.03. The third-order valence-corrected chi connectivity index (χ3v) is 3.21. The van der Waals surface area contributed by atoms with Gasteiger partial charge in [-0.25, -0.2) is 0 Å². The minimum atomic E-state index is -0.322. The maximum Gasteiger partial charge on any atom is 0.312 e. The first kappa shape index (κ1) is 14.1. The number of benzene rings is 2. The maximum absolute atomic E-state index is 11.8. The van der Waals surface area contributed by atoms with Crippen molar-refractivity contribution in [2.75, 3.05) is 6.61 Å². The van der Waals surface area contributed by atoms with Gasteiger partial charge in [0.05, 0.1) is 6.42 Å². The zero-order chi connectivity index (χ0) is 15.2. The molecule has 0 unspecified atom stereocenters. The highest BCUT2D eigenvalue weighted by molar-refractivity contribution is 5.84. The second-order valence-electron chi connectivity index (χ2n) is 4.80. The van der Waals surface area contributed by atoms with E-state index in [-0.39, 0.29) is 19.0 Å². The molecule has 1 aromatic heterocycles. The summed E-state index contributed by atoms with van der Waals surface area (Å²) in [6.45, 7) is 0.240. The molecule has 0 aliphatic carbocycles. The van der Waals surface area contributed by atoms with Gasteiger partial charge in [0.2, 0.25) is 0 Å². The highest BCUT2D eigenvalue weighted by atomic mass is 16.5. The molecule has 0 fully saturated rings. The van der Waals surface area contributed by atoms with Gasteiger partial charge < -0.3 is 9.26 Å². The molecule has 2 aromatic carbocycles. The molecule has 0 saturated carbocycles. The van der Waals surface area contributed by atoms with Gasteiger partial charge in [0.15, 0.2) is 5.58 Å². The summed E-state index contributed by atoms with van der Waals surface area (Å²) in [6.07, 6.45) is 3.84. The van der Waals surface area contributed by atoms with Gasteiger partial charge >= 0.3 is 5.97 Å². The van der Waals surface area contributed by atoms with Crippen molar-refractivity contribution in [3.8, 4) is 0 Å². The second kappa shape index (κ2) is 6.72. The molecule has 0 aliphatic heterocycles. The summed E-state index contributed by atoms with van der Waals surface area (Å²) >= 11 is 0. The van der Waals surface area contributed by atoms with E-state index in [1.54, 1.807) is 0 Å². The lowest BCUT2D eigenvalue weighted by Crippen LogP contribution is -2.08. The molecule has 0 amide bonds. The number of hydrogen-bond acceptors (Lipinski definition) is 4. The minimum absolute atomic E-state index is 0.107. The molecule has 0 bridgehead atoms. The number of nitrogens with zero attached hydrogens (tertiary/aromatic N) is 1. The molecule has 0 saturated heterocycles. The number of fused-ring (bicyclic) bond motifs is 1. The number of ether oxygens (including phenoxy) is 1. The summed E-state index contributed by atoms with van der Waals surface area (Å²) in [6, 6.07) is 17.3. The van der Waals surface area contributed by atoms with Crippen LogP contribution < -0.4 is 0 Å². The predicted molar refractivity (Wildman–Crippen MR) is 84.1 cm³/mol. The summed E-state index contributed by atoms with van der Waals surface area (Å²) < 4.78 is 10.3. The van der Waals surface area contributed by atoms with E-state index in [1.807, 2.05) is 66.7 Å². The topological polar surface area (TPSA) is 52.3 Å². The molecule has 1 heterocycles. The van der Waals surface area contributed by atoms with Crippen LogP contribution >= 0.6 is 0 Å². The Morgan fingerprint density at radius 2 is 1.86 bits per heavy atom. The van der Waals surface area contributed by atoms with E-state index in [0.717, 1.165) is 10.9 Å². The van der Waals surface area contributed by atoms with E-state index < -0.39 is 0 Å². The molecule has 0 N–H and O–H groups in total. The molecule has 4 heteroatoms. The summed E-state index contributed by atoms with van der Waals surface area (Å²) in [7, 11) is 0. The van der Waals surface area contributed by atoms with E-state index in [4.69, 9.17) is 9.26 Å². The fourth-order valence-corrected chi connectivity index (χ4v) is 2.14. The van der Waals surface area contributed by atoms with Gasteiger partial charge in [-0.3, -0.25) is 4.79 Å². The molecule has 0 aliphatic rings. The van der Waals surface area contributed by atoms with Crippen molar-refractivity contribution >= 4 is 23.0 Å². The predicted octanol–water partition coefficient (Wildman–Crippen LogP) is 3.63. The van der Waals surface area contributed by atoms with Crippen LogP contribution in [0, 0.1) is 0 Å². The number of carbonyl (C=O) groups excluding carboxylic acids is 1. The van der Waals surface area contributed by atoms with Crippen LogP contribution in [0.3, 0.4) is 0 Å². The van der Waals surface area contributed by atoms with Gasteiger partial charge in [-0.2, -0.15) is 0 Å². The van der Waals surface area contributed by atoms with Crippen molar-refractivity contribution in [3.05, 3.63) is 71.9 Å². The molecule has 110 valence electrons. The smallest absolute Gasteiger partial charge is 0.312 e. The van der Waals surface area contributed by atoms with Crippen molar-refractivity contribution < 1.29 is 14.1 Å². The van der Waals surface area contributed by atoms with Gasteiger partial charge in [0, 0.05) is 5.39 Å². The van der Waals surface area contributed by atoms with Crippen molar-refractivity contribution in [1.82, 2.24) is 5.16 Å². The zero-order valence-corrected chi connectivity index (χ0v) is 11.9. The Morgan fingerprint density at radius 3 is 2.73 bits per heavy atom. The fourth-order valence-electron chi connectivity index (χ4n) is 2.14. The van der Waals surface area contributed by atoms with Crippen LogP contribution in [0.15, 0.2) is 65.2 Å². The van der Waals surface area contributed by atoms with Gasteiger partial charge in [0.25, 0.3) is 0 Å². The molecule has 22 heavy (non-hydrogen) atoms. The quantitative estimate of drug-likeness (QED) is 0.674. The van der Waals surface area contributed by atoms with Crippen molar-refractivity contribution in [2.45, 2.75) is 6.42 Å². The van der Waals surface area contributed by atoms with Gasteiger partial charge in [-0.15, -0.1) is 0 Å². The highest BCUT2D eigenvalue weighted by Gasteiger charge is 2.12. The van der Waals surface area contributed by atoms with Crippen LogP contribution in [-0.4, -0.2) is 17.7 Å². The van der Waals surface area contributed by atoms with E-state index in [0.29, 0.717) is 11.3 Å². The third-order valence-electron chi connectivity index (χ3n) is 3.21. The fraction of sp³-hybridized carbons (Fsp3) is 0.111. The standard InChI is InChI=1S/C18H15NO3/c20-18(21-12-6-9-14-7-2-1-3-8-14)13-16-15-10-4-5-11-17(15)22-19-16/h1-11H,12-13H2/b9-6-. The average Bonchev–Trinajstić information content (AvgIpc) is 2.96. The number of para-hydroxylation sites is 1. The molecular weight excluding hydrogens is 278 g/mol. The van der Waals surface area contributed by atoms with E-state index >= 15 is 0 Å². The normalized spacial score (nSPS) is 11.1. The average molecular weight is 293 g/mol. The molecular formula is C18H15NO3. The summed E-state index contributed by atoms with van der Waals surface area (Å²) in [5, 5.41) is 4.76. The lowest BCUT2D eigenvalue weighted by atomic mass is 10.2. The number of esters is 1. The third kappa shape index (κ3) is 3.41. The summed E-state index contributed by atoms with van der Waals surface area (Å²) in [5.74, 6) is -0.322. The Hall–Kier alpha value is -2.88. The van der Waals surface area contributed by atoms with Crippen LogP contribution in [0.1, 0.15) is 11.3 Å². The molecule has 4 nitrogen and oxygen atoms in total. The molecule has 3 rings (SSSR count). The monoisotopic (exact) mass is 293 g/mol. The number of rotatable bonds is 5. The van der Waals surface area contributed by atoms with Crippen LogP contribution in [0.4, 0.5) is 0 Å². The highest BCUT2D eigenvalue weighted by Crippen LogP contribution is 2.18. The van der Waals surface area contributed by atoms with Crippen LogP contribution in [-0.2, 0) is 16.0 Å². The Morgan fingerprint density at radius 1 is 1.09 bits per heavy atom. The van der Waals surface area contributed by atoms with Crippen LogP contribution in [0.25, 0.3) is 17.0 Å². The van der Waals surface area contributed by atoms with Crippen LogP contribution in [0.2, 0.25) is 0 Å². The largest absolute Gasteiger partial charge is 0.461 e. The first-order valence-corrected chi connectivity index (χ1v) is 7.03. The summed E-state index contributed by atoms with van der Waals surface area (Å²) in [4.78, 5) is 11.8. The van der Waals surface area contributed by atoms with E-state index in [1.165, 1.54) is 0 Å². The Balaban J connectivity index is 1.54. The number of carbonyl (C=O) groups is 1. The molecule has 0 radical (unpaired) electrons. The van der Waals surface area contributed by atoms with E-state index in [2.05, 4.69) is 5.16 Å². The second-order valence-corrected chi connectivity index (χ2v) is 4.80. The maximum atomic E-state index is 11.8. The minimum Gasteiger partial charge on any atom is -0.461 e. The molecule has 3 aromatic rings. The molecule has 0 spiro atoms. The Labute approximate surface area is 128 Å². The number of aromatic nitrogens is 1. The van der Waals surface area contributed by atoms with Gasteiger partial charge in [-0.1, -0.05) is 53.7 Å². The SMILES string of the molecule is O=C(Cc1noc2ccccc12)OC/C=C\c1ccccc1. The van der Waals surface area contributed by atoms with Crippen molar-refractivity contribution in [2.24, 2.45) is 0 Å². The van der Waals surface area contributed by atoms with Gasteiger partial charge in [0.1, 0.15) is 12.3 Å². The lowest BCUT2D eigenvalue weighted by molar-refractivity contribution is -0.141. The number of hydrogen-bond donors (Lipinski definition) is 0. The van der Waals surface area contributed by atoms with Crippen molar-refractivity contribution in [3.63, 3.8) is 0 Å². The first-order chi connectivity index (χ1) is 10.8. The summed E-state index contributed by atoms with van der Waals surface area (Å²) in [5.41, 5.74) is 2.35. The van der Waals surface area contributed by atoms with Crippen molar-refractivity contribution in [1.29, 1.82) is 0 Å². The molecule has 0 atom stereocenters. The van der Waals surface area contributed by atoms with E-state index in [9.17, 15) is 4.79 Å². The van der Waals surface area contributed by atoms with Crippen LogP contribution in [0.5, 0.6) is 0 Å². The van der Waals surface area contributed by atoms with Gasteiger partial charge in [-0.05, 0) is 23.8 Å².